The quantitative estimate of drug-likeness (QED) is 0.130. The third-order valence-corrected chi connectivity index (χ3v) is 6.83. The molecule has 0 bridgehead atoms. The number of hydrogen-bond donors (Lipinski definition) is 4. The van der Waals surface area contributed by atoms with Crippen molar-refractivity contribution in [3.63, 3.8) is 0 Å². The number of phenolic OH excluding ortho intramolecular Hbond substituents is 3. The number of rotatable bonds is 11. The summed E-state index contributed by atoms with van der Waals surface area (Å²) in [6, 6.07) is 7.10. The molecule has 246 valence electrons. The standard InChI is InChI=1S/C30H30F9N3O3/c1-27(15-40-12-18-9-21(28(31,32)33)3-6-24(18)43,16-41-13-19-10-22(29(34,35)36)4-7-25(19)44)17-42(2)14-20-11-23(30(37,38)39)5-8-26(20)45/h3-12,41,43-45H,13-17H2,1-2H3. The first kappa shape index (κ1) is 35.5. The topological polar surface area (TPSA) is 88.3 Å². The van der Waals surface area contributed by atoms with Crippen molar-refractivity contribution >= 4 is 6.21 Å². The van der Waals surface area contributed by atoms with Gasteiger partial charge in [-0.05, 0) is 61.6 Å². The Balaban J connectivity index is 1.84. The van der Waals surface area contributed by atoms with Gasteiger partial charge in [-0.15, -0.1) is 0 Å². The number of nitrogens with zero attached hydrogens (tertiary/aromatic N) is 2. The Morgan fingerprint density at radius 1 is 0.711 bits per heavy atom. The lowest BCUT2D eigenvalue weighted by Crippen LogP contribution is -2.43. The third kappa shape index (κ3) is 10.0. The minimum atomic E-state index is -4.68. The molecule has 6 nitrogen and oxygen atoms in total. The van der Waals surface area contributed by atoms with E-state index in [4.69, 9.17) is 0 Å². The molecule has 0 aliphatic rings. The summed E-state index contributed by atoms with van der Waals surface area (Å²) in [5.41, 5.74) is -4.26. The molecule has 0 aromatic heterocycles. The molecular weight excluding hydrogens is 621 g/mol. The van der Waals surface area contributed by atoms with Gasteiger partial charge < -0.3 is 25.5 Å². The van der Waals surface area contributed by atoms with Gasteiger partial charge in [0.15, 0.2) is 0 Å². The number of aliphatic imine (C=N–C) groups is 1. The number of hydrogen-bond acceptors (Lipinski definition) is 6. The zero-order valence-electron chi connectivity index (χ0n) is 23.9. The van der Waals surface area contributed by atoms with Gasteiger partial charge >= 0.3 is 18.5 Å². The van der Waals surface area contributed by atoms with Crippen LogP contribution in [0.4, 0.5) is 39.5 Å². The molecular formula is C30H30F9N3O3. The van der Waals surface area contributed by atoms with Crippen LogP contribution in [0.15, 0.2) is 59.6 Å². The number of nitrogens with one attached hydrogen (secondary N) is 1. The van der Waals surface area contributed by atoms with E-state index in [1.807, 2.05) is 0 Å². The highest BCUT2D eigenvalue weighted by molar-refractivity contribution is 5.83. The maximum Gasteiger partial charge on any atom is 0.416 e. The van der Waals surface area contributed by atoms with Gasteiger partial charge in [-0.1, -0.05) is 6.92 Å². The second-order valence-corrected chi connectivity index (χ2v) is 11.0. The van der Waals surface area contributed by atoms with Crippen LogP contribution in [-0.2, 0) is 31.6 Å². The van der Waals surface area contributed by atoms with Crippen molar-refractivity contribution < 1.29 is 54.8 Å². The lowest BCUT2D eigenvalue weighted by molar-refractivity contribution is -0.138. The summed E-state index contributed by atoms with van der Waals surface area (Å²) in [6.07, 6.45) is -13.0. The summed E-state index contributed by atoms with van der Waals surface area (Å²) in [5.74, 6) is -1.25. The van der Waals surface area contributed by atoms with E-state index < -0.39 is 52.1 Å². The van der Waals surface area contributed by atoms with Crippen molar-refractivity contribution in [2.75, 3.05) is 26.7 Å². The Kier molecular flexibility index (Phi) is 10.7. The van der Waals surface area contributed by atoms with Crippen LogP contribution in [0.2, 0.25) is 0 Å². The van der Waals surface area contributed by atoms with Gasteiger partial charge in [-0.3, -0.25) is 4.99 Å². The highest BCUT2D eigenvalue weighted by atomic mass is 19.4. The lowest BCUT2D eigenvalue weighted by Gasteiger charge is -2.33. The Morgan fingerprint density at radius 2 is 1.18 bits per heavy atom. The summed E-state index contributed by atoms with van der Waals surface area (Å²) in [7, 11) is 1.54. The van der Waals surface area contributed by atoms with Crippen molar-refractivity contribution in [3.05, 3.63) is 88.0 Å². The van der Waals surface area contributed by atoms with Crippen LogP contribution in [0, 0.1) is 5.41 Å². The van der Waals surface area contributed by atoms with E-state index in [2.05, 4.69) is 10.3 Å². The summed E-state index contributed by atoms with van der Waals surface area (Å²) in [4.78, 5) is 5.76. The highest BCUT2D eigenvalue weighted by Crippen LogP contribution is 2.35. The molecule has 4 N–H and O–H groups in total. The zero-order valence-corrected chi connectivity index (χ0v) is 23.9. The van der Waals surface area contributed by atoms with E-state index in [1.54, 1.807) is 18.9 Å². The van der Waals surface area contributed by atoms with E-state index >= 15 is 0 Å². The van der Waals surface area contributed by atoms with Crippen molar-refractivity contribution in [2.24, 2.45) is 10.4 Å². The van der Waals surface area contributed by atoms with Gasteiger partial charge in [0, 0.05) is 61.0 Å². The van der Waals surface area contributed by atoms with Crippen molar-refractivity contribution in [2.45, 2.75) is 38.5 Å². The molecule has 15 heteroatoms. The first-order chi connectivity index (χ1) is 20.7. The fourth-order valence-electron chi connectivity index (χ4n) is 4.65. The summed E-state index contributed by atoms with van der Waals surface area (Å²) in [5, 5.41) is 33.2. The van der Waals surface area contributed by atoms with Crippen LogP contribution < -0.4 is 5.32 Å². The Bertz CT molecular complexity index is 1500. The Morgan fingerprint density at radius 3 is 1.71 bits per heavy atom. The molecule has 0 fully saturated rings. The summed E-state index contributed by atoms with van der Waals surface area (Å²) in [6.45, 7) is 1.24. The largest absolute Gasteiger partial charge is 0.508 e. The van der Waals surface area contributed by atoms with E-state index in [-0.39, 0.29) is 55.2 Å². The molecule has 3 aromatic carbocycles. The number of aromatic hydroxyl groups is 3. The molecule has 0 heterocycles. The van der Waals surface area contributed by atoms with Crippen molar-refractivity contribution in [1.82, 2.24) is 10.2 Å². The van der Waals surface area contributed by atoms with Crippen LogP contribution in [0.1, 0.15) is 40.3 Å². The average Bonchev–Trinajstić information content (AvgIpc) is 2.90. The molecule has 1 unspecified atom stereocenters. The molecule has 3 aromatic rings. The van der Waals surface area contributed by atoms with Gasteiger partial charge in [-0.25, -0.2) is 0 Å². The normalized spacial score (nSPS) is 14.3. The second-order valence-electron chi connectivity index (χ2n) is 11.0. The molecule has 0 spiro atoms. The SMILES string of the molecule is CN(Cc1cc(C(F)(F)F)ccc1O)CC(C)(CN=Cc1cc(C(F)(F)F)ccc1O)CNCc1cc(C(F)(F)F)ccc1O. The summed E-state index contributed by atoms with van der Waals surface area (Å²) >= 11 is 0. The smallest absolute Gasteiger partial charge is 0.416 e. The monoisotopic (exact) mass is 651 g/mol. The first-order valence-corrected chi connectivity index (χ1v) is 13.3. The van der Waals surface area contributed by atoms with Gasteiger partial charge in [0.25, 0.3) is 0 Å². The predicted octanol–water partition coefficient (Wildman–Crippen LogP) is 7.21. The molecule has 0 amide bonds. The molecule has 0 saturated carbocycles. The molecule has 3 rings (SSSR count). The number of alkyl halides is 9. The van der Waals surface area contributed by atoms with Crippen LogP contribution >= 0.6 is 0 Å². The summed E-state index contributed by atoms with van der Waals surface area (Å²) < 4.78 is 119. The zero-order chi connectivity index (χ0) is 33.8. The second kappa shape index (κ2) is 13.6. The van der Waals surface area contributed by atoms with Crippen LogP contribution in [0.25, 0.3) is 0 Å². The number of phenols is 3. The highest BCUT2D eigenvalue weighted by Gasteiger charge is 2.33. The fraction of sp³-hybridized carbons (Fsp3) is 0.367. The van der Waals surface area contributed by atoms with E-state index in [1.165, 1.54) is 0 Å². The molecule has 1 atom stereocenters. The first-order valence-electron chi connectivity index (χ1n) is 13.3. The maximum atomic E-state index is 13.2. The van der Waals surface area contributed by atoms with Crippen LogP contribution in [-0.4, -0.2) is 53.1 Å². The molecule has 0 saturated heterocycles. The van der Waals surface area contributed by atoms with Gasteiger partial charge in [0.05, 0.1) is 16.7 Å². The third-order valence-electron chi connectivity index (χ3n) is 6.83. The Hall–Kier alpha value is -3.98. The van der Waals surface area contributed by atoms with Crippen LogP contribution in [0.5, 0.6) is 17.2 Å². The molecule has 45 heavy (non-hydrogen) atoms. The number of halogens is 9. The van der Waals surface area contributed by atoms with E-state index in [0.717, 1.165) is 48.7 Å². The number of benzene rings is 3. The van der Waals surface area contributed by atoms with E-state index in [9.17, 15) is 54.8 Å². The average molecular weight is 652 g/mol. The van der Waals surface area contributed by atoms with Gasteiger partial charge in [0.2, 0.25) is 0 Å². The molecule has 0 aliphatic heterocycles. The Labute approximate surface area is 252 Å². The fourth-order valence-corrected chi connectivity index (χ4v) is 4.65. The minimum Gasteiger partial charge on any atom is -0.508 e. The minimum absolute atomic E-state index is 0.00745. The van der Waals surface area contributed by atoms with Crippen molar-refractivity contribution in [3.8, 4) is 17.2 Å². The maximum absolute atomic E-state index is 13.2. The van der Waals surface area contributed by atoms with Crippen LogP contribution in [0.3, 0.4) is 0 Å². The van der Waals surface area contributed by atoms with Crippen molar-refractivity contribution in [1.29, 1.82) is 0 Å². The molecule has 0 radical (unpaired) electrons. The van der Waals surface area contributed by atoms with Gasteiger partial charge in [-0.2, -0.15) is 39.5 Å². The van der Waals surface area contributed by atoms with Gasteiger partial charge in [0.1, 0.15) is 17.2 Å². The lowest BCUT2D eigenvalue weighted by atomic mass is 9.89. The predicted molar refractivity (Wildman–Crippen MR) is 148 cm³/mol. The van der Waals surface area contributed by atoms with E-state index in [0.29, 0.717) is 12.1 Å². The molecule has 0 aliphatic carbocycles.